The predicted octanol–water partition coefficient (Wildman–Crippen LogP) is 4.08. The van der Waals surface area contributed by atoms with E-state index in [1.807, 2.05) is 0 Å². The van der Waals surface area contributed by atoms with Gasteiger partial charge < -0.3 is 4.98 Å². The summed E-state index contributed by atoms with van der Waals surface area (Å²) < 4.78 is 0. The molecular formula is C17H18N2. The Bertz CT molecular complexity index is 738. The Morgan fingerprint density at radius 3 is 2.63 bits per heavy atom. The van der Waals surface area contributed by atoms with Crippen LogP contribution in [-0.4, -0.2) is 9.97 Å². The minimum Gasteiger partial charge on any atom is -0.342 e. The number of nitrogens with one attached hydrogen (secondary N) is 1. The molecule has 0 aliphatic rings. The summed E-state index contributed by atoms with van der Waals surface area (Å²) in [5.74, 6) is 1.04. The summed E-state index contributed by atoms with van der Waals surface area (Å²) in [5, 5.41) is 0. The van der Waals surface area contributed by atoms with E-state index in [1.54, 1.807) is 0 Å². The number of para-hydroxylation sites is 1. The van der Waals surface area contributed by atoms with Gasteiger partial charge in [-0.15, -0.1) is 0 Å². The highest BCUT2D eigenvalue weighted by Gasteiger charge is 2.07. The van der Waals surface area contributed by atoms with Crippen molar-refractivity contribution >= 4 is 11.0 Å². The summed E-state index contributed by atoms with van der Waals surface area (Å²) in [4.78, 5) is 8.14. The van der Waals surface area contributed by atoms with E-state index >= 15 is 0 Å². The smallest absolute Gasteiger partial charge is 0.111 e. The number of aromatic nitrogens is 2. The van der Waals surface area contributed by atoms with Crippen molar-refractivity contribution in [1.82, 2.24) is 9.97 Å². The lowest BCUT2D eigenvalue weighted by Crippen LogP contribution is -1.94. The van der Waals surface area contributed by atoms with Crippen molar-refractivity contribution < 1.29 is 0 Å². The molecule has 0 unspecified atom stereocenters. The lowest BCUT2D eigenvalue weighted by Gasteiger charge is -2.04. The summed E-state index contributed by atoms with van der Waals surface area (Å²) in [7, 11) is 0. The van der Waals surface area contributed by atoms with Crippen LogP contribution in [0.5, 0.6) is 0 Å². The van der Waals surface area contributed by atoms with Crippen molar-refractivity contribution in [2.75, 3.05) is 0 Å². The van der Waals surface area contributed by atoms with Crippen LogP contribution in [0.25, 0.3) is 11.0 Å². The van der Waals surface area contributed by atoms with Crippen LogP contribution in [0.1, 0.15) is 28.1 Å². The van der Waals surface area contributed by atoms with Gasteiger partial charge in [0.2, 0.25) is 0 Å². The maximum absolute atomic E-state index is 4.72. The number of benzene rings is 2. The van der Waals surface area contributed by atoms with E-state index in [1.165, 1.54) is 22.3 Å². The molecule has 0 radical (unpaired) electrons. The third kappa shape index (κ3) is 2.26. The number of nitrogens with zero attached hydrogens (tertiary/aromatic N) is 1. The summed E-state index contributed by atoms with van der Waals surface area (Å²) in [6.45, 7) is 6.39. The van der Waals surface area contributed by atoms with E-state index < -0.39 is 0 Å². The van der Waals surface area contributed by atoms with Crippen molar-refractivity contribution in [1.29, 1.82) is 0 Å². The number of hydrogen-bond donors (Lipinski definition) is 1. The van der Waals surface area contributed by atoms with Gasteiger partial charge in [-0.3, -0.25) is 0 Å². The molecule has 0 amide bonds. The van der Waals surface area contributed by atoms with E-state index in [2.05, 4.69) is 62.2 Å². The fraction of sp³-hybridized carbons (Fsp3) is 0.235. The number of rotatable bonds is 2. The first-order valence-electron chi connectivity index (χ1n) is 6.64. The average molecular weight is 250 g/mol. The largest absolute Gasteiger partial charge is 0.342 e. The Balaban J connectivity index is 2.01. The van der Waals surface area contributed by atoms with Gasteiger partial charge in [0.25, 0.3) is 0 Å². The van der Waals surface area contributed by atoms with Gasteiger partial charge in [-0.05, 0) is 43.5 Å². The van der Waals surface area contributed by atoms with Crippen LogP contribution in [0.15, 0.2) is 36.4 Å². The van der Waals surface area contributed by atoms with Crippen molar-refractivity contribution in [2.45, 2.75) is 27.2 Å². The molecule has 1 heterocycles. The van der Waals surface area contributed by atoms with Crippen LogP contribution in [0.4, 0.5) is 0 Å². The van der Waals surface area contributed by atoms with Crippen LogP contribution >= 0.6 is 0 Å². The first-order valence-corrected chi connectivity index (χ1v) is 6.64. The zero-order valence-corrected chi connectivity index (χ0v) is 11.6. The van der Waals surface area contributed by atoms with E-state index in [-0.39, 0.29) is 0 Å². The molecule has 0 spiro atoms. The zero-order chi connectivity index (χ0) is 13.4. The highest BCUT2D eigenvalue weighted by atomic mass is 14.9. The second kappa shape index (κ2) is 4.54. The molecule has 0 aliphatic heterocycles. The first-order chi connectivity index (χ1) is 9.13. The molecule has 0 atom stereocenters. The highest BCUT2D eigenvalue weighted by molar-refractivity contribution is 5.78. The summed E-state index contributed by atoms with van der Waals surface area (Å²) in [6, 6.07) is 12.8. The molecule has 0 aliphatic carbocycles. The SMILES string of the molecule is Cc1ccc(C)c(Cc2nc3c(C)cccc3[nH]2)c1. The van der Waals surface area contributed by atoms with Gasteiger partial charge in [-0.25, -0.2) is 4.98 Å². The van der Waals surface area contributed by atoms with Crippen molar-refractivity contribution in [3.63, 3.8) is 0 Å². The van der Waals surface area contributed by atoms with Crippen LogP contribution in [-0.2, 0) is 6.42 Å². The lowest BCUT2D eigenvalue weighted by molar-refractivity contribution is 1.02. The Kier molecular flexibility index (Phi) is 2.86. The number of H-pyrrole nitrogens is 1. The van der Waals surface area contributed by atoms with Gasteiger partial charge in [0, 0.05) is 6.42 Å². The van der Waals surface area contributed by atoms with Gasteiger partial charge in [0.05, 0.1) is 11.0 Å². The third-order valence-electron chi connectivity index (χ3n) is 3.63. The number of hydrogen-bond acceptors (Lipinski definition) is 1. The molecular weight excluding hydrogens is 232 g/mol. The maximum atomic E-state index is 4.72. The minimum atomic E-state index is 0.863. The van der Waals surface area contributed by atoms with E-state index in [0.29, 0.717) is 0 Å². The maximum Gasteiger partial charge on any atom is 0.111 e. The quantitative estimate of drug-likeness (QED) is 0.729. The molecule has 0 bridgehead atoms. The van der Waals surface area contributed by atoms with Crippen LogP contribution in [0.2, 0.25) is 0 Å². The fourth-order valence-corrected chi connectivity index (χ4v) is 2.48. The molecule has 0 saturated heterocycles. The Hall–Kier alpha value is -2.09. The van der Waals surface area contributed by atoms with E-state index in [0.717, 1.165) is 23.3 Å². The third-order valence-corrected chi connectivity index (χ3v) is 3.63. The first kappa shape index (κ1) is 12.0. The number of fused-ring (bicyclic) bond motifs is 1. The molecule has 2 nitrogen and oxygen atoms in total. The Labute approximate surface area is 113 Å². The topological polar surface area (TPSA) is 28.7 Å². The number of imidazole rings is 1. The van der Waals surface area contributed by atoms with Crippen LogP contribution in [0.3, 0.4) is 0 Å². The van der Waals surface area contributed by atoms with Gasteiger partial charge >= 0.3 is 0 Å². The molecule has 0 fully saturated rings. The highest BCUT2D eigenvalue weighted by Crippen LogP contribution is 2.19. The van der Waals surface area contributed by atoms with E-state index in [9.17, 15) is 0 Å². The van der Waals surface area contributed by atoms with Gasteiger partial charge in [0.15, 0.2) is 0 Å². The molecule has 3 aromatic rings. The standard InChI is InChI=1S/C17H18N2/c1-11-7-8-12(2)14(9-11)10-16-18-15-6-4-5-13(3)17(15)19-16/h4-9H,10H2,1-3H3,(H,18,19). The molecule has 96 valence electrons. The predicted molar refractivity (Wildman–Crippen MR) is 79.6 cm³/mol. The van der Waals surface area contributed by atoms with Crippen molar-refractivity contribution in [3.05, 3.63) is 64.5 Å². The van der Waals surface area contributed by atoms with Crippen LogP contribution in [0, 0.1) is 20.8 Å². The molecule has 3 rings (SSSR count). The second-order valence-corrected chi connectivity index (χ2v) is 5.26. The lowest BCUT2D eigenvalue weighted by atomic mass is 10.0. The molecule has 1 aromatic heterocycles. The van der Waals surface area contributed by atoms with Gasteiger partial charge in [-0.1, -0.05) is 35.9 Å². The Morgan fingerprint density at radius 2 is 1.84 bits per heavy atom. The van der Waals surface area contributed by atoms with E-state index in [4.69, 9.17) is 4.98 Å². The molecule has 2 heteroatoms. The number of aromatic amines is 1. The van der Waals surface area contributed by atoms with Crippen molar-refractivity contribution in [3.8, 4) is 0 Å². The Morgan fingerprint density at radius 1 is 1.00 bits per heavy atom. The second-order valence-electron chi connectivity index (χ2n) is 5.26. The fourth-order valence-electron chi connectivity index (χ4n) is 2.48. The molecule has 19 heavy (non-hydrogen) atoms. The monoisotopic (exact) mass is 250 g/mol. The minimum absolute atomic E-state index is 0.863. The summed E-state index contributed by atoms with van der Waals surface area (Å²) in [6.07, 6.45) is 0.863. The van der Waals surface area contributed by atoms with Gasteiger partial charge in [-0.2, -0.15) is 0 Å². The number of aryl methyl sites for hydroxylation is 3. The summed E-state index contributed by atoms with van der Waals surface area (Å²) in [5.41, 5.74) is 7.40. The normalized spacial score (nSPS) is 11.1. The zero-order valence-electron chi connectivity index (χ0n) is 11.6. The van der Waals surface area contributed by atoms with Gasteiger partial charge in [0.1, 0.15) is 5.82 Å². The van der Waals surface area contributed by atoms with Crippen LogP contribution < -0.4 is 0 Å². The molecule has 2 aromatic carbocycles. The summed E-state index contributed by atoms with van der Waals surface area (Å²) >= 11 is 0. The van der Waals surface area contributed by atoms with Crippen molar-refractivity contribution in [2.24, 2.45) is 0 Å². The average Bonchev–Trinajstić information content (AvgIpc) is 2.78. The molecule has 1 N–H and O–H groups in total. The molecule has 0 saturated carbocycles.